The average molecular weight is 337 g/mol. The van der Waals surface area contributed by atoms with Crippen LogP contribution < -0.4 is 5.32 Å². The summed E-state index contributed by atoms with van der Waals surface area (Å²) in [6.07, 6.45) is 1.23. The lowest BCUT2D eigenvalue weighted by Crippen LogP contribution is -2.14. The van der Waals surface area contributed by atoms with Gasteiger partial charge in [0, 0.05) is 11.8 Å². The first kappa shape index (κ1) is 17.7. The molecule has 0 unspecified atom stereocenters. The van der Waals surface area contributed by atoms with Gasteiger partial charge in [0.25, 0.3) is 5.91 Å². The number of aromatic hydroxyl groups is 1. The van der Waals surface area contributed by atoms with Crippen LogP contribution in [0.25, 0.3) is 6.08 Å². The van der Waals surface area contributed by atoms with Crippen LogP contribution in [0.2, 0.25) is 0 Å². The minimum atomic E-state index is -0.742. The van der Waals surface area contributed by atoms with Gasteiger partial charge in [-0.3, -0.25) is 14.9 Å². The summed E-state index contributed by atoms with van der Waals surface area (Å²) in [5.74, 6) is -1.11. The number of carbonyl (C=O) groups excluding carboxylic acids is 1. The zero-order valence-corrected chi connectivity index (χ0v) is 13.6. The minimum absolute atomic E-state index is 0.208. The Bertz CT molecular complexity index is 926. The van der Waals surface area contributed by atoms with Gasteiger partial charge >= 0.3 is 5.69 Å². The second-order valence-electron chi connectivity index (χ2n) is 5.45. The summed E-state index contributed by atoms with van der Waals surface area (Å²) >= 11 is 0. The molecular formula is C18H15N3O4. The first-order chi connectivity index (χ1) is 11.8. The van der Waals surface area contributed by atoms with Gasteiger partial charge in [-0.25, -0.2) is 0 Å². The largest absolute Gasteiger partial charge is 0.502 e. The van der Waals surface area contributed by atoms with Gasteiger partial charge < -0.3 is 10.4 Å². The van der Waals surface area contributed by atoms with E-state index in [1.54, 1.807) is 12.1 Å². The van der Waals surface area contributed by atoms with Gasteiger partial charge in [-0.2, -0.15) is 5.26 Å². The number of hydrogen-bond acceptors (Lipinski definition) is 5. The van der Waals surface area contributed by atoms with Crippen LogP contribution in [0.4, 0.5) is 11.4 Å². The van der Waals surface area contributed by atoms with Crippen LogP contribution in [-0.2, 0) is 4.79 Å². The fourth-order valence-corrected chi connectivity index (χ4v) is 2.24. The minimum Gasteiger partial charge on any atom is -0.502 e. The van der Waals surface area contributed by atoms with E-state index in [-0.39, 0.29) is 11.1 Å². The smallest absolute Gasteiger partial charge is 0.311 e. The highest BCUT2D eigenvalue weighted by atomic mass is 16.6. The van der Waals surface area contributed by atoms with Crippen molar-refractivity contribution in [2.24, 2.45) is 0 Å². The molecule has 0 aromatic heterocycles. The lowest BCUT2D eigenvalue weighted by atomic mass is 10.1. The molecule has 1 amide bonds. The lowest BCUT2D eigenvalue weighted by Gasteiger charge is -2.08. The van der Waals surface area contributed by atoms with Crippen molar-refractivity contribution in [3.63, 3.8) is 0 Å². The van der Waals surface area contributed by atoms with Crippen molar-refractivity contribution in [1.82, 2.24) is 0 Å². The van der Waals surface area contributed by atoms with E-state index >= 15 is 0 Å². The molecule has 0 aliphatic heterocycles. The third-order valence-corrected chi connectivity index (χ3v) is 3.50. The van der Waals surface area contributed by atoms with Crippen molar-refractivity contribution in [2.75, 3.05) is 5.32 Å². The van der Waals surface area contributed by atoms with E-state index in [0.717, 1.165) is 23.3 Å². The van der Waals surface area contributed by atoms with Gasteiger partial charge in [0.15, 0.2) is 5.75 Å². The highest BCUT2D eigenvalue weighted by Gasteiger charge is 2.15. The van der Waals surface area contributed by atoms with Crippen LogP contribution in [0.15, 0.2) is 42.0 Å². The molecule has 2 N–H and O–H groups in total. The molecule has 0 radical (unpaired) electrons. The van der Waals surface area contributed by atoms with Gasteiger partial charge in [0.05, 0.1) is 4.92 Å². The van der Waals surface area contributed by atoms with Crippen LogP contribution >= 0.6 is 0 Å². The quantitative estimate of drug-likeness (QED) is 0.383. The molecule has 0 atom stereocenters. The summed E-state index contributed by atoms with van der Waals surface area (Å²) in [6, 6.07) is 10.9. The van der Waals surface area contributed by atoms with E-state index < -0.39 is 22.3 Å². The second kappa shape index (κ2) is 7.27. The Kier molecular flexibility index (Phi) is 5.15. The number of nitriles is 1. The molecule has 2 aromatic carbocycles. The summed E-state index contributed by atoms with van der Waals surface area (Å²) < 4.78 is 0. The Morgan fingerprint density at radius 3 is 2.60 bits per heavy atom. The van der Waals surface area contributed by atoms with Crippen molar-refractivity contribution in [3.05, 3.63) is 68.8 Å². The molecule has 25 heavy (non-hydrogen) atoms. The number of benzene rings is 2. The first-order valence-corrected chi connectivity index (χ1v) is 7.29. The van der Waals surface area contributed by atoms with Crippen LogP contribution in [0.3, 0.4) is 0 Å². The zero-order chi connectivity index (χ0) is 18.6. The molecule has 2 rings (SSSR count). The fraction of sp³-hybridized carbons (Fsp3) is 0.111. The third kappa shape index (κ3) is 4.20. The number of amides is 1. The SMILES string of the molecule is Cc1ccc(NC(=O)/C(C#N)=C\c2ccc(O)c([N+](=O)[O-])c2)c(C)c1. The van der Waals surface area contributed by atoms with E-state index in [0.29, 0.717) is 5.69 Å². The Labute approximate surface area is 144 Å². The third-order valence-electron chi connectivity index (χ3n) is 3.50. The maximum atomic E-state index is 12.3. The number of hydrogen-bond donors (Lipinski definition) is 2. The standard InChI is InChI=1S/C18H15N3O4/c1-11-3-5-15(12(2)7-11)20-18(23)14(10-19)8-13-4-6-17(22)16(9-13)21(24)25/h3-9,22H,1-2H3,(H,20,23)/b14-8-. The van der Waals surface area contributed by atoms with E-state index in [2.05, 4.69) is 5.32 Å². The van der Waals surface area contributed by atoms with Crippen LogP contribution in [0, 0.1) is 35.3 Å². The summed E-state index contributed by atoms with van der Waals surface area (Å²) in [5.41, 5.74) is 2.03. The predicted molar refractivity (Wildman–Crippen MR) is 92.9 cm³/mol. The van der Waals surface area contributed by atoms with E-state index in [9.17, 15) is 25.3 Å². The number of nitrogens with zero attached hydrogens (tertiary/aromatic N) is 2. The number of nitrogens with one attached hydrogen (secondary N) is 1. The number of nitro benzene ring substituents is 1. The number of phenolic OH excluding ortho intramolecular Hbond substituents is 1. The second-order valence-corrected chi connectivity index (χ2v) is 5.45. The number of phenols is 1. The molecule has 0 aliphatic carbocycles. The van der Waals surface area contributed by atoms with Gasteiger partial charge in [0.1, 0.15) is 11.6 Å². The van der Waals surface area contributed by atoms with Gasteiger partial charge in [-0.15, -0.1) is 0 Å². The van der Waals surface area contributed by atoms with Crippen LogP contribution in [-0.4, -0.2) is 15.9 Å². The molecule has 7 nitrogen and oxygen atoms in total. The normalized spacial score (nSPS) is 10.8. The molecule has 7 heteroatoms. The summed E-state index contributed by atoms with van der Waals surface area (Å²) in [4.78, 5) is 22.4. The van der Waals surface area contributed by atoms with Crippen molar-refractivity contribution < 1.29 is 14.8 Å². The van der Waals surface area contributed by atoms with Gasteiger partial charge in [-0.05, 0) is 43.2 Å². The topological polar surface area (TPSA) is 116 Å². The summed E-state index contributed by atoms with van der Waals surface area (Å²) in [7, 11) is 0. The number of nitro groups is 1. The first-order valence-electron chi connectivity index (χ1n) is 7.29. The molecule has 2 aromatic rings. The Balaban J connectivity index is 2.31. The number of rotatable bonds is 4. The van der Waals surface area contributed by atoms with E-state index in [1.807, 2.05) is 26.0 Å². The number of anilines is 1. The molecular weight excluding hydrogens is 322 g/mol. The number of aryl methyl sites for hydroxylation is 2. The van der Waals surface area contributed by atoms with Gasteiger partial charge in [-0.1, -0.05) is 23.8 Å². The Morgan fingerprint density at radius 1 is 1.28 bits per heavy atom. The zero-order valence-electron chi connectivity index (χ0n) is 13.6. The molecule has 0 aliphatic rings. The molecule has 0 heterocycles. The van der Waals surface area contributed by atoms with E-state index in [1.165, 1.54) is 12.1 Å². The van der Waals surface area contributed by atoms with Crippen molar-refractivity contribution >= 4 is 23.4 Å². The maximum Gasteiger partial charge on any atom is 0.311 e. The highest BCUT2D eigenvalue weighted by Crippen LogP contribution is 2.27. The highest BCUT2D eigenvalue weighted by molar-refractivity contribution is 6.10. The Hall–Kier alpha value is -3.66. The summed E-state index contributed by atoms with van der Waals surface area (Å²) in [6.45, 7) is 3.76. The molecule has 0 spiro atoms. The average Bonchev–Trinajstić information content (AvgIpc) is 2.56. The van der Waals surface area contributed by atoms with Gasteiger partial charge in [0.2, 0.25) is 0 Å². The summed E-state index contributed by atoms with van der Waals surface area (Å²) in [5, 5.41) is 32.2. The lowest BCUT2D eigenvalue weighted by molar-refractivity contribution is -0.385. The fourth-order valence-electron chi connectivity index (χ4n) is 2.24. The van der Waals surface area contributed by atoms with Crippen molar-refractivity contribution in [2.45, 2.75) is 13.8 Å². The Morgan fingerprint density at radius 2 is 2.00 bits per heavy atom. The molecule has 0 saturated carbocycles. The van der Waals surface area contributed by atoms with Crippen LogP contribution in [0.1, 0.15) is 16.7 Å². The molecule has 0 bridgehead atoms. The van der Waals surface area contributed by atoms with Crippen LogP contribution in [0.5, 0.6) is 5.75 Å². The molecule has 0 fully saturated rings. The molecule has 126 valence electrons. The monoisotopic (exact) mass is 337 g/mol. The number of carbonyl (C=O) groups is 1. The van der Waals surface area contributed by atoms with Crippen molar-refractivity contribution in [1.29, 1.82) is 5.26 Å². The predicted octanol–water partition coefficient (Wildman–Crippen LogP) is 3.46. The van der Waals surface area contributed by atoms with Crippen molar-refractivity contribution in [3.8, 4) is 11.8 Å². The molecule has 0 saturated heterocycles. The maximum absolute atomic E-state index is 12.3. The van der Waals surface area contributed by atoms with E-state index in [4.69, 9.17) is 0 Å².